The molecule has 2 atom stereocenters. The van der Waals surface area contributed by atoms with Crippen molar-refractivity contribution in [2.75, 3.05) is 0 Å². The fourth-order valence-electron chi connectivity index (χ4n) is 4.95. The average molecular weight is 571 g/mol. The number of rotatable bonds is 29. The van der Waals surface area contributed by atoms with E-state index < -0.39 is 42.5 Å². The van der Waals surface area contributed by atoms with Crippen LogP contribution in [-0.2, 0) is 23.9 Å². The van der Waals surface area contributed by atoms with Crippen LogP contribution in [-0.4, -0.2) is 50.7 Å². The molecule has 0 amide bonds. The second-order valence-corrected chi connectivity index (χ2v) is 11.4. The minimum Gasteiger partial charge on any atom is -0.481 e. The number of unbranched alkanes of at least 4 members (excludes halogenated alkanes) is 18. The number of Topliss-reactive ketones (excluding diaryl/α,β-unsaturated/α-hetero) is 1. The van der Waals surface area contributed by atoms with Crippen LogP contribution in [0, 0.1) is 0 Å². The number of carboxylic acid groups (broad SMARTS) is 2. The summed E-state index contributed by atoms with van der Waals surface area (Å²) in [6.45, 7) is 4.35. The molecule has 0 saturated carbocycles. The van der Waals surface area contributed by atoms with Crippen LogP contribution in [0.15, 0.2) is 0 Å². The topological polar surface area (TPSA) is 138 Å². The van der Waals surface area contributed by atoms with Gasteiger partial charge in [0, 0.05) is 6.42 Å². The highest BCUT2D eigenvalue weighted by Crippen LogP contribution is 2.21. The van der Waals surface area contributed by atoms with Gasteiger partial charge in [0.25, 0.3) is 0 Å². The lowest BCUT2D eigenvalue weighted by Gasteiger charge is -2.22. The molecule has 2 unspecified atom stereocenters. The summed E-state index contributed by atoms with van der Waals surface area (Å²) in [5.41, 5.74) is -2.77. The third-order valence-electron chi connectivity index (χ3n) is 7.51. The number of carbonyl (C=O) groups is 4. The molecule has 40 heavy (non-hydrogen) atoms. The molecule has 0 aliphatic rings. The number of ketones is 1. The number of carbonyl (C=O) groups excluding carboxylic acids is 2. The molecule has 0 heterocycles. The summed E-state index contributed by atoms with van der Waals surface area (Å²) in [6, 6.07) is 0. The molecule has 0 aromatic rings. The standard InChI is InChI=1S/C32H58O8/c1-3-5-7-9-10-11-12-13-14-15-16-17-18-20-22-24-28(27(33)23-21-19-8-6-4-2)40-30(36)26-32(39,31(37)38)25-29(34)35/h28,39H,3-26H2,1-2H3,(H,34,35)(H,37,38). The summed E-state index contributed by atoms with van der Waals surface area (Å²) in [7, 11) is 0. The Hall–Kier alpha value is -1.96. The molecular formula is C32H58O8. The molecule has 8 heteroatoms. The zero-order chi connectivity index (χ0) is 30.1. The van der Waals surface area contributed by atoms with Gasteiger partial charge in [0.2, 0.25) is 0 Å². The molecule has 0 saturated heterocycles. The van der Waals surface area contributed by atoms with Crippen molar-refractivity contribution in [3.8, 4) is 0 Å². The molecule has 234 valence electrons. The third-order valence-corrected chi connectivity index (χ3v) is 7.51. The molecular weight excluding hydrogens is 512 g/mol. The van der Waals surface area contributed by atoms with E-state index in [-0.39, 0.29) is 12.2 Å². The predicted octanol–water partition coefficient (Wildman–Crippen LogP) is 7.77. The fourth-order valence-corrected chi connectivity index (χ4v) is 4.95. The molecule has 8 nitrogen and oxygen atoms in total. The summed E-state index contributed by atoms with van der Waals surface area (Å²) < 4.78 is 5.33. The lowest BCUT2D eigenvalue weighted by Crippen LogP contribution is -2.44. The first kappa shape index (κ1) is 38.0. The normalized spacial score (nSPS) is 13.5. The first-order valence-electron chi connectivity index (χ1n) is 16.1. The maximum atomic E-state index is 12.8. The Bertz CT molecular complexity index is 692. The van der Waals surface area contributed by atoms with Gasteiger partial charge < -0.3 is 20.1 Å². The lowest BCUT2D eigenvalue weighted by molar-refractivity contribution is -0.174. The highest BCUT2D eigenvalue weighted by Gasteiger charge is 2.42. The van der Waals surface area contributed by atoms with Gasteiger partial charge in [0.05, 0.1) is 12.8 Å². The van der Waals surface area contributed by atoms with Crippen molar-refractivity contribution in [3.05, 3.63) is 0 Å². The van der Waals surface area contributed by atoms with E-state index in [1.54, 1.807) is 0 Å². The third kappa shape index (κ3) is 20.9. The number of aliphatic hydroxyl groups is 1. The van der Waals surface area contributed by atoms with Crippen LogP contribution < -0.4 is 0 Å². The molecule has 0 bridgehead atoms. The molecule has 0 rings (SSSR count). The monoisotopic (exact) mass is 570 g/mol. The highest BCUT2D eigenvalue weighted by atomic mass is 16.5. The van der Waals surface area contributed by atoms with Crippen LogP contribution in [0.4, 0.5) is 0 Å². The molecule has 0 aliphatic heterocycles. The van der Waals surface area contributed by atoms with Gasteiger partial charge in [-0.05, 0) is 19.3 Å². The van der Waals surface area contributed by atoms with E-state index in [9.17, 15) is 29.4 Å². The zero-order valence-corrected chi connectivity index (χ0v) is 25.4. The smallest absolute Gasteiger partial charge is 0.336 e. The average Bonchev–Trinajstić information content (AvgIpc) is 2.89. The van der Waals surface area contributed by atoms with Crippen molar-refractivity contribution in [1.29, 1.82) is 0 Å². The Morgan fingerprint density at radius 2 is 1.00 bits per heavy atom. The van der Waals surface area contributed by atoms with Crippen LogP contribution in [0.1, 0.15) is 168 Å². The van der Waals surface area contributed by atoms with Crippen molar-refractivity contribution in [3.63, 3.8) is 0 Å². The molecule has 0 aromatic heterocycles. The largest absolute Gasteiger partial charge is 0.481 e. The number of aliphatic carboxylic acids is 2. The van der Waals surface area contributed by atoms with Gasteiger partial charge in [-0.3, -0.25) is 14.4 Å². The maximum Gasteiger partial charge on any atom is 0.336 e. The quantitative estimate of drug-likeness (QED) is 0.0612. The number of hydrogen-bond donors (Lipinski definition) is 3. The molecule has 0 aliphatic carbocycles. The summed E-state index contributed by atoms with van der Waals surface area (Å²) >= 11 is 0. The van der Waals surface area contributed by atoms with E-state index in [0.29, 0.717) is 19.3 Å². The Morgan fingerprint density at radius 3 is 1.40 bits per heavy atom. The van der Waals surface area contributed by atoms with Crippen molar-refractivity contribution < 1.29 is 39.2 Å². The van der Waals surface area contributed by atoms with Gasteiger partial charge in [-0.25, -0.2) is 4.79 Å². The van der Waals surface area contributed by atoms with E-state index in [2.05, 4.69) is 13.8 Å². The molecule has 3 N–H and O–H groups in total. The second-order valence-electron chi connectivity index (χ2n) is 11.4. The van der Waals surface area contributed by atoms with Gasteiger partial charge in [-0.1, -0.05) is 129 Å². The molecule has 0 aromatic carbocycles. The van der Waals surface area contributed by atoms with Gasteiger partial charge in [0.1, 0.15) is 0 Å². The predicted molar refractivity (Wildman–Crippen MR) is 157 cm³/mol. The van der Waals surface area contributed by atoms with Crippen LogP contribution in [0.3, 0.4) is 0 Å². The Kier molecular flexibility index (Phi) is 23.6. The second kappa shape index (κ2) is 24.8. The number of ether oxygens (including phenoxy) is 1. The summed E-state index contributed by atoms with van der Waals surface area (Å²) in [6.07, 6.45) is 20.6. The molecule has 0 spiro atoms. The number of hydrogen-bond acceptors (Lipinski definition) is 6. The van der Waals surface area contributed by atoms with Gasteiger partial charge in [-0.15, -0.1) is 0 Å². The number of esters is 1. The first-order chi connectivity index (χ1) is 19.2. The maximum absolute atomic E-state index is 12.8. The van der Waals surface area contributed by atoms with E-state index in [4.69, 9.17) is 9.84 Å². The summed E-state index contributed by atoms with van der Waals surface area (Å²) in [5, 5.41) is 28.3. The fraction of sp³-hybridized carbons (Fsp3) is 0.875. The van der Waals surface area contributed by atoms with Crippen molar-refractivity contribution >= 4 is 23.7 Å². The van der Waals surface area contributed by atoms with Crippen molar-refractivity contribution in [1.82, 2.24) is 0 Å². The van der Waals surface area contributed by atoms with E-state index in [1.165, 1.54) is 70.6 Å². The highest BCUT2D eigenvalue weighted by molar-refractivity contribution is 5.90. The van der Waals surface area contributed by atoms with Gasteiger partial charge in [-0.2, -0.15) is 0 Å². The first-order valence-corrected chi connectivity index (χ1v) is 16.1. The van der Waals surface area contributed by atoms with Crippen LogP contribution in [0.2, 0.25) is 0 Å². The number of carboxylic acids is 2. The van der Waals surface area contributed by atoms with Gasteiger partial charge >= 0.3 is 17.9 Å². The van der Waals surface area contributed by atoms with Gasteiger partial charge in [0.15, 0.2) is 17.5 Å². The lowest BCUT2D eigenvalue weighted by atomic mass is 9.95. The van der Waals surface area contributed by atoms with Crippen LogP contribution in [0.25, 0.3) is 0 Å². The minimum absolute atomic E-state index is 0.202. The Morgan fingerprint density at radius 1 is 0.600 bits per heavy atom. The van der Waals surface area contributed by atoms with Crippen LogP contribution >= 0.6 is 0 Å². The van der Waals surface area contributed by atoms with Crippen molar-refractivity contribution in [2.24, 2.45) is 0 Å². The summed E-state index contributed by atoms with van der Waals surface area (Å²) in [5.74, 6) is -4.63. The zero-order valence-electron chi connectivity index (χ0n) is 25.4. The van der Waals surface area contributed by atoms with E-state index in [0.717, 1.165) is 44.9 Å². The van der Waals surface area contributed by atoms with Crippen molar-refractivity contribution in [2.45, 2.75) is 180 Å². The van der Waals surface area contributed by atoms with E-state index in [1.807, 2.05) is 0 Å². The minimum atomic E-state index is -2.77. The van der Waals surface area contributed by atoms with E-state index >= 15 is 0 Å². The molecule has 0 radical (unpaired) electrons. The molecule has 0 fully saturated rings. The summed E-state index contributed by atoms with van der Waals surface area (Å²) in [4.78, 5) is 47.6. The van der Waals surface area contributed by atoms with Crippen LogP contribution in [0.5, 0.6) is 0 Å². The Labute approximate surface area is 242 Å². The SMILES string of the molecule is CCCCCCCCCCCCCCCCCC(OC(=O)CC(O)(CC(=O)O)C(=O)O)C(=O)CCCCCCC. The Balaban J connectivity index is 4.44.